The van der Waals surface area contributed by atoms with Crippen molar-refractivity contribution in [3.63, 3.8) is 0 Å². The highest BCUT2D eigenvalue weighted by molar-refractivity contribution is 5.94. The molecule has 0 saturated carbocycles. The first-order valence-electron chi connectivity index (χ1n) is 5.93. The number of ether oxygens (including phenoxy) is 1. The first kappa shape index (κ1) is 13.4. The Hall–Kier alpha value is -2.08. The lowest BCUT2D eigenvalue weighted by Gasteiger charge is -2.31. The Morgan fingerprint density at radius 2 is 2.26 bits per heavy atom. The molecule has 0 aliphatic carbocycles. The van der Waals surface area contributed by atoms with Crippen LogP contribution >= 0.6 is 0 Å². The highest BCUT2D eigenvalue weighted by Gasteiger charge is 2.31. The summed E-state index contributed by atoms with van der Waals surface area (Å²) in [7, 11) is 0. The van der Waals surface area contributed by atoms with Gasteiger partial charge in [0.1, 0.15) is 11.5 Å². The predicted octanol–water partition coefficient (Wildman–Crippen LogP) is 0.913. The number of carboxylic acid groups (broad SMARTS) is 1. The molecule has 0 radical (unpaired) electrons. The number of nitrogens with zero attached hydrogens (tertiary/aromatic N) is 1. The van der Waals surface area contributed by atoms with Crippen LogP contribution < -0.4 is 0 Å². The molecule has 2 heterocycles. The number of carboxylic acids is 1. The first-order valence-corrected chi connectivity index (χ1v) is 5.93. The van der Waals surface area contributed by atoms with Crippen molar-refractivity contribution in [1.29, 1.82) is 0 Å². The first-order chi connectivity index (χ1) is 9.08. The van der Waals surface area contributed by atoms with Gasteiger partial charge in [-0.1, -0.05) is 0 Å². The van der Waals surface area contributed by atoms with Gasteiger partial charge in [-0.05, 0) is 25.1 Å². The van der Waals surface area contributed by atoms with Crippen LogP contribution in [0.1, 0.15) is 11.5 Å². The Morgan fingerprint density at radius 1 is 1.47 bits per heavy atom. The van der Waals surface area contributed by atoms with Crippen LogP contribution in [0.4, 0.5) is 0 Å². The van der Waals surface area contributed by atoms with E-state index >= 15 is 0 Å². The average Bonchev–Trinajstić information content (AvgIpc) is 2.81. The van der Waals surface area contributed by atoms with Crippen LogP contribution in [0.25, 0.3) is 6.08 Å². The maximum absolute atomic E-state index is 12.0. The van der Waals surface area contributed by atoms with Crippen molar-refractivity contribution >= 4 is 18.0 Å². The molecule has 0 aromatic carbocycles. The molecule has 1 fully saturated rings. The minimum absolute atomic E-state index is 0.0226. The zero-order valence-corrected chi connectivity index (χ0v) is 10.5. The zero-order valence-electron chi connectivity index (χ0n) is 10.5. The number of hydrogen-bond acceptors (Lipinski definition) is 4. The summed E-state index contributed by atoms with van der Waals surface area (Å²) in [5.41, 5.74) is 0. The van der Waals surface area contributed by atoms with Gasteiger partial charge in [0.25, 0.3) is 0 Å². The second kappa shape index (κ2) is 5.71. The number of rotatable bonds is 3. The van der Waals surface area contributed by atoms with Crippen molar-refractivity contribution < 1.29 is 23.8 Å². The predicted molar refractivity (Wildman–Crippen MR) is 66.4 cm³/mol. The maximum atomic E-state index is 12.0. The van der Waals surface area contributed by atoms with Crippen molar-refractivity contribution in [2.24, 2.45) is 0 Å². The molecule has 1 aliphatic heterocycles. The summed E-state index contributed by atoms with van der Waals surface area (Å²) in [5.74, 6) is -0.104. The number of carbonyl (C=O) groups is 2. The van der Waals surface area contributed by atoms with Gasteiger partial charge in [0.2, 0.25) is 5.91 Å². The van der Waals surface area contributed by atoms with E-state index in [1.165, 1.54) is 17.1 Å². The van der Waals surface area contributed by atoms with Gasteiger partial charge in [-0.25, -0.2) is 4.79 Å². The van der Waals surface area contributed by atoms with E-state index < -0.39 is 12.0 Å². The van der Waals surface area contributed by atoms with Crippen LogP contribution in [0.3, 0.4) is 0 Å². The number of carbonyl (C=O) groups excluding carboxylic acids is 1. The fraction of sp³-hybridized carbons (Fsp3) is 0.385. The lowest BCUT2D eigenvalue weighted by Crippen LogP contribution is -2.52. The molecule has 1 N–H and O–H groups in total. The Kier molecular flexibility index (Phi) is 4.01. The fourth-order valence-corrected chi connectivity index (χ4v) is 1.86. The molecule has 1 aromatic heterocycles. The number of morpholine rings is 1. The second-order valence-electron chi connectivity index (χ2n) is 4.24. The molecule has 1 atom stereocenters. The summed E-state index contributed by atoms with van der Waals surface area (Å²) in [4.78, 5) is 24.3. The molecule has 6 nitrogen and oxygen atoms in total. The average molecular weight is 265 g/mol. The smallest absolute Gasteiger partial charge is 0.328 e. The van der Waals surface area contributed by atoms with Crippen LogP contribution in [0.5, 0.6) is 0 Å². The Labute approximate surface area is 110 Å². The van der Waals surface area contributed by atoms with Crippen LogP contribution in [-0.2, 0) is 14.3 Å². The number of aryl methyl sites for hydroxylation is 1. The second-order valence-corrected chi connectivity index (χ2v) is 4.24. The third-order valence-electron chi connectivity index (χ3n) is 2.85. The zero-order chi connectivity index (χ0) is 13.8. The number of amides is 1. The number of furan rings is 1. The van der Waals surface area contributed by atoms with Crippen LogP contribution in [0.2, 0.25) is 0 Å². The van der Waals surface area contributed by atoms with Crippen molar-refractivity contribution in [3.05, 3.63) is 29.7 Å². The molecular formula is C13H15NO5. The van der Waals surface area contributed by atoms with E-state index in [2.05, 4.69) is 0 Å². The van der Waals surface area contributed by atoms with Crippen molar-refractivity contribution in [2.75, 3.05) is 19.8 Å². The van der Waals surface area contributed by atoms with E-state index in [4.69, 9.17) is 14.3 Å². The monoisotopic (exact) mass is 265 g/mol. The summed E-state index contributed by atoms with van der Waals surface area (Å²) in [6.07, 6.45) is 2.85. The molecule has 1 saturated heterocycles. The normalized spacial score (nSPS) is 19.8. The van der Waals surface area contributed by atoms with Gasteiger partial charge < -0.3 is 19.2 Å². The molecular weight excluding hydrogens is 250 g/mol. The van der Waals surface area contributed by atoms with E-state index in [9.17, 15) is 9.59 Å². The van der Waals surface area contributed by atoms with Gasteiger partial charge >= 0.3 is 5.97 Å². The molecule has 1 aromatic rings. The Morgan fingerprint density at radius 3 is 2.89 bits per heavy atom. The van der Waals surface area contributed by atoms with Crippen molar-refractivity contribution in [1.82, 2.24) is 4.90 Å². The van der Waals surface area contributed by atoms with E-state index in [1.54, 1.807) is 12.1 Å². The van der Waals surface area contributed by atoms with Gasteiger partial charge in [0.05, 0.1) is 13.2 Å². The van der Waals surface area contributed by atoms with Gasteiger partial charge in [-0.3, -0.25) is 4.79 Å². The molecule has 1 aliphatic rings. The number of aliphatic carboxylic acids is 1. The minimum Gasteiger partial charge on any atom is -0.480 e. The SMILES string of the molecule is Cc1ccc(/C=C/C(=O)N2CCOCC2C(=O)O)o1. The van der Waals surface area contributed by atoms with Crippen LogP contribution in [-0.4, -0.2) is 47.7 Å². The van der Waals surface area contributed by atoms with Gasteiger partial charge in [-0.2, -0.15) is 0 Å². The third-order valence-corrected chi connectivity index (χ3v) is 2.85. The lowest BCUT2D eigenvalue weighted by atomic mass is 10.2. The molecule has 0 bridgehead atoms. The topological polar surface area (TPSA) is 80.0 Å². The Bertz CT molecular complexity index is 505. The third kappa shape index (κ3) is 3.23. The summed E-state index contributed by atoms with van der Waals surface area (Å²) in [6.45, 7) is 2.46. The minimum atomic E-state index is -1.06. The van der Waals surface area contributed by atoms with E-state index in [1.807, 2.05) is 6.92 Å². The summed E-state index contributed by atoms with van der Waals surface area (Å²) in [5, 5.41) is 9.03. The summed E-state index contributed by atoms with van der Waals surface area (Å²) in [6, 6.07) is 2.61. The highest BCUT2D eigenvalue weighted by atomic mass is 16.5. The Balaban J connectivity index is 2.05. The molecule has 102 valence electrons. The van der Waals surface area contributed by atoms with Crippen molar-refractivity contribution in [3.8, 4) is 0 Å². The van der Waals surface area contributed by atoms with E-state index in [0.29, 0.717) is 12.4 Å². The summed E-state index contributed by atoms with van der Waals surface area (Å²) >= 11 is 0. The standard InChI is InChI=1S/C13H15NO5/c1-9-2-3-10(19-9)4-5-12(15)14-6-7-18-8-11(14)13(16)17/h2-5,11H,6-8H2,1H3,(H,16,17)/b5-4+. The molecule has 1 unspecified atom stereocenters. The van der Waals surface area contributed by atoms with Crippen molar-refractivity contribution in [2.45, 2.75) is 13.0 Å². The molecule has 1 amide bonds. The molecule has 0 spiro atoms. The molecule has 19 heavy (non-hydrogen) atoms. The van der Waals surface area contributed by atoms with E-state index in [0.717, 1.165) is 5.76 Å². The lowest BCUT2D eigenvalue weighted by molar-refractivity contribution is -0.156. The van der Waals surface area contributed by atoms with Crippen LogP contribution in [0, 0.1) is 6.92 Å². The fourth-order valence-electron chi connectivity index (χ4n) is 1.86. The largest absolute Gasteiger partial charge is 0.480 e. The molecule has 6 heteroatoms. The van der Waals surface area contributed by atoms with Gasteiger partial charge in [0, 0.05) is 12.6 Å². The van der Waals surface area contributed by atoms with Gasteiger partial charge in [-0.15, -0.1) is 0 Å². The molecule has 2 rings (SSSR count). The van der Waals surface area contributed by atoms with E-state index in [-0.39, 0.29) is 19.1 Å². The highest BCUT2D eigenvalue weighted by Crippen LogP contribution is 2.11. The number of hydrogen-bond donors (Lipinski definition) is 1. The quantitative estimate of drug-likeness (QED) is 0.822. The van der Waals surface area contributed by atoms with Crippen LogP contribution in [0.15, 0.2) is 22.6 Å². The summed E-state index contributed by atoms with van der Waals surface area (Å²) < 4.78 is 10.4. The van der Waals surface area contributed by atoms with Gasteiger partial charge in [0.15, 0.2) is 6.04 Å². The maximum Gasteiger partial charge on any atom is 0.328 e.